The van der Waals surface area contributed by atoms with Crippen molar-refractivity contribution >= 4 is 11.4 Å². The van der Waals surface area contributed by atoms with E-state index >= 15 is 0 Å². The fraction of sp³-hybridized carbons (Fsp3) is 0.500. The van der Waals surface area contributed by atoms with Gasteiger partial charge in [0.25, 0.3) is 5.69 Å². The van der Waals surface area contributed by atoms with Gasteiger partial charge in [-0.1, -0.05) is 0 Å². The Bertz CT molecular complexity index is 423. The maximum Gasteiger partial charge on any atom is 0.275 e. The van der Waals surface area contributed by atoms with Crippen molar-refractivity contribution in [3.8, 4) is 0 Å². The Morgan fingerprint density at radius 1 is 1.56 bits per heavy atom. The summed E-state index contributed by atoms with van der Waals surface area (Å²) >= 11 is 0. The quantitative estimate of drug-likeness (QED) is 0.616. The molecule has 0 amide bonds. The van der Waals surface area contributed by atoms with Crippen LogP contribution in [0.25, 0.3) is 0 Å². The summed E-state index contributed by atoms with van der Waals surface area (Å²) in [7, 11) is 3.51. The highest BCUT2D eigenvalue weighted by Gasteiger charge is 2.16. The van der Waals surface area contributed by atoms with Crippen LogP contribution in [0.3, 0.4) is 0 Å². The lowest BCUT2D eigenvalue weighted by Crippen LogP contribution is -2.32. The number of aliphatic hydroxyl groups excluding tert-OH is 1. The van der Waals surface area contributed by atoms with Gasteiger partial charge in [-0.2, -0.15) is 0 Å². The Morgan fingerprint density at radius 3 is 2.72 bits per heavy atom. The summed E-state index contributed by atoms with van der Waals surface area (Å²) in [6, 6.07) is 4.85. The van der Waals surface area contributed by atoms with Crippen LogP contribution in [0.2, 0.25) is 0 Å². The fourth-order valence-electron chi connectivity index (χ4n) is 1.70. The van der Waals surface area contributed by atoms with Crippen molar-refractivity contribution in [2.75, 3.05) is 25.7 Å². The van der Waals surface area contributed by atoms with Crippen LogP contribution in [0.4, 0.5) is 11.4 Å². The fourth-order valence-corrected chi connectivity index (χ4v) is 1.70. The van der Waals surface area contributed by atoms with Crippen LogP contribution in [0.5, 0.6) is 0 Å². The van der Waals surface area contributed by atoms with Crippen LogP contribution < -0.4 is 4.90 Å². The maximum absolute atomic E-state index is 10.8. The molecule has 0 spiro atoms. The lowest BCUT2D eigenvalue weighted by atomic mass is 10.1. The average Bonchev–Trinajstić information content (AvgIpc) is 2.37. The summed E-state index contributed by atoms with van der Waals surface area (Å²) in [6.07, 6.45) is 0. The van der Waals surface area contributed by atoms with Crippen LogP contribution in [-0.4, -0.2) is 36.8 Å². The molecule has 0 aromatic heterocycles. The highest BCUT2D eigenvalue weighted by atomic mass is 16.6. The molecule has 0 heterocycles. The molecule has 18 heavy (non-hydrogen) atoms. The Morgan fingerprint density at radius 2 is 2.22 bits per heavy atom. The van der Waals surface area contributed by atoms with Gasteiger partial charge in [-0.15, -0.1) is 0 Å². The molecule has 6 nitrogen and oxygen atoms in total. The molecular weight excluding hydrogens is 236 g/mol. The van der Waals surface area contributed by atoms with Gasteiger partial charge in [0, 0.05) is 32.0 Å². The van der Waals surface area contributed by atoms with Crippen molar-refractivity contribution in [2.45, 2.75) is 19.6 Å². The number of nitrogens with zero attached hydrogens (tertiary/aromatic N) is 2. The lowest BCUT2D eigenvalue weighted by Gasteiger charge is -2.26. The van der Waals surface area contributed by atoms with Crippen LogP contribution in [-0.2, 0) is 11.3 Å². The minimum atomic E-state index is -0.492. The normalized spacial score (nSPS) is 12.2. The largest absolute Gasteiger partial charge is 0.391 e. The molecular formula is C12H18N2O4. The predicted molar refractivity (Wildman–Crippen MR) is 68.8 cm³/mol. The summed E-state index contributed by atoms with van der Waals surface area (Å²) in [4.78, 5) is 12.2. The number of hydrogen-bond donors (Lipinski definition) is 1. The number of likely N-dealkylation sites (N-methyl/N-ethyl adjacent to an activating group) is 1. The van der Waals surface area contributed by atoms with Crippen LogP contribution in [0.15, 0.2) is 18.2 Å². The Hall–Kier alpha value is -1.66. The SMILES string of the molecule is COCC(C)N(C)c1ccc([N+](=O)[O-])c(CO)c1. The smallest absolute Gasteiger partial charge is 0.275 e. The third kappa shape index (κ3) is 3.18. The van der Waals surface area contributed by atoms with Crippen LogP contribution in [0, 0.1) is 10.1 Å². The third-order valence-electron chi connectivity index (χ3n) is 2.91. The first-order valence-electron chi connectivity index (χ1n) is 5.61. The van der Waals surface area contributed by atoms with Gasteiger partial charge >= 0.3 is 0 Å². The number of nitro benzene ring substituents is 1. The van der Waals surface area contributed by atoms with E-state index in [0.29, 0.717) is 12.2 Å². The molecule has 100 valence electrons. The summed E-state index contributed by atoms with van der Waals surface area (Å²) in [5.41, 5.74) is 1.07. The Balaban J connectivity index is 3.01. The number of ether oxygens (including phenoxy) is 1. The molecule has 1 atom stereocenters. The zero-order chi connectivity index (χ0) is 13.7. The van der Waals surface area contributed by atoms with E-state index in [9.17, 15) is 10.1 Å². The molecule has 0 aliphatic carbocycles. The molecule has 1 aromatic rings. The topological polar surface area (TPSA) is 75.8 Å². The van der Waals surface area contributed by atoms with Gasteiger partial charge in [-0.3, -0.25) is 10.1 Å². The maximum atomic E-state index is 10.8. The van der Waals surface area contributed by atoms with E-state index in [4.69, 9.17) is 9.84 Å². The minimum Gasteiger partial charge on any atom is -0.391 e. The number of benzene rings is 1. The second-order valence-electron chi connectivity index (χ2n) is 4.14. The first-order valence-corrected chi connectivity index (χ1v) is 5.61. The molecule has 1 unspecified atom stereocenters. The summed E-state index contributed by atoms with van der Waals surface area (Å²) in [6.45, 7) is 2.20. The first kappa shape index (κ1) is 14.4. The number of aliphatic hydroxyl groups is 1. The van der Waals surface area contributed by atoms with Crippen LogP contribution in [0.1, 0.15) is 12.5 Å². The van der Waals surface area contributed by atoms with Crippen molar-refractivity contribution in [1.29, 1.82) is 0 Å². The van der Waals surface area contributed by atoms with Gasteiger partial charge in [0.2, 0.25) is 0 Å². The summed E-state index contributed by atoms with van der Waals surface area (Å²) in [5.74, 6) is 0. The van der Waals surface area contributed by atoms with Crippen molar-refractivity contribution < 1.29 is 14.8 Å². The molecule has 0 bridgehead atoms. The number of anilines is 1. The van der Waals surface area contributed by atoms with Gasteiger partial charge in [0.1, 0.15) is 0 Å². The molecule has 0 saturated carbocycles. The highest BCUT2D eigenvalue weighted by Crippen LogP contribution is 2.25. The van der Waals surface area contributed by atoms with Gasteiger partial charge in [-0.25, -0.2) is 0 Å². The second kappa shape index (κ2) is 6.32. The van der Waals surface area contributed by atoms with Crippen molar-refractivity contribution in [1.82, 2.24) is 0 Å². The molecule has 0 aliphatic heterocycles. The van der Waals surface area contributed by atoms with E-state index in [0.717, 1.165) is 5.69 Å². The highest BCUT2D eigenvalue weighted by molar-refractivity contribution is 5.55. The van der Waals surface area contributed by atoms with Gasteiger partial charge in [0.15, 0.2) is 0 Å². The molecule has 1 N–H and O–H groups in total. The minimum absolute atomic E-state index is 0.0611. The molecule has 0 fully saturated rings. The molecule has 1 aromatic carbocycles. The number of hydrogen-bond acceptors (Lipinski definition) is 5. The van der Waals surface area contributed by atoms with E-state index in [1.54, 1.807) is 19.2 Å². The monoisotopic (exact) mass is 254 g/mol. The third-order valence-corrected chi connectivity index (χ3v) is 2.91. The standard InChI is InChI=1S/C12H18N2O4/c1-9(8-18-3)13(2)11-4-5-12(14(16)17)10(6-11)7-15/h4-6,9,15H,7-8H2,1-3H3. The molecule has 0 saturated heterocycles. The number of nitro groups is 1. The van der Waals surface area contributed by atoms with Gasteiger partial charge < -0.3 is 14.7 Å². The van der Waals surface area contributed by atoms with Crippen LogP contribution >= 0.6 is 0 Å². The molecule has 6 heteroatoms. The Labute approximate surface area is 106 Å². The van der Waals surface area contributed by atoms with E-state index in [2.05, 4.69) is 0 Å². The molecule has 0 aliphatic rings. The Kier molecular flexibility index (Phi) is 5.06. The van der Waals surface area contributed by atoms with Crippen molar-refractivity contribution in [3.63, 3.8) is 0 Å². The van der Waals surface area contributed by atoms with Crippen molar-refractivity contribution in [3.05, 3.63) is 33.9 Å². The zero-order valence-corrected chi connectivity index (χ0v) is 10.8. The summed E-state index contributed by atoms with van der Waals surface area (Å²) in [5, 5.41) is 19.9. The lowest BCUT2D eigenvalue weighted by molar-refractivity contribution is -0.385. The van der Waals surface area contributed by atoms with E-state index in [1.807, 2.05) is 18.9 Å². The predicted octanol–water partition coefficient (Wildman–Crippen LogP) is 1.56. The number of rotatable bonds is 6. The zero-order valence-electron chi connectivity index (χ0n) is 10.8. The average molecular weight is 254 g/mol. The van der Waals surface area contributed by atoms with E-state index < -0.39 is 4.92 Å². The second-order valence-corrected chi connectivity index (χ2v) is 4.14. The van der Waals surface area contributed by atoms with Crippen molar-refractivity contribution in [2.24, 2.45) is 0 Å². The van der Waals surface area contributed by atoms with Gasteiger partial charge in [0.05, 0.1) is 23.7 Å². The molecule has 1 rings (SSSR count). The summed E-state index contributed by atoms with van der Waals surface area (Å²) < 4.78 is 5.07. The number of methoxy groups -OCH3 is 1. The molecule has 0 radical (unpaired) electrons. The van der Waals surface area contributed by atoms with E-state index in [-0.39, 0.29) is 18.3 Å². The van der Waals surface area contributed by atoms with Gasteiger partial charge in [-0.05, 0) is 19.1 Å². The first-order chi connectivity index (χ1) is 8.51. The van der Waals surface area contributed by atoms with E-state index in [1.165, 1.54) is 6.07 Å².